The lowest BCUT2D eigenvalue weighted by Crippen LogP contribution is -2.53. The maximum absolute atomic E-state index is 12.6. The molecule has 0 aromatic rings. The SMILES string of the molecule is CN(C1(CC(=O)O)CCCCC1)S(=O)(=O)CC(C)(C)C. The minimum Gasteiger partial charge on any atom is -0.481 e. The summed E-state index contributed by atoms with van der Waals surface area (Å²) in [7, 11) is -1.90. The van der Waals surface area contributed by atoms with E-state index in [4.69, 9.17) is 5.11 Å². The van der Waals surface area contributed by atoms with Crippen molar-refractivity contribution in [2.45, 2.75) is 64.8 Å². The smallest absolute Gasteiger partial charge is 0.305 e. The second-order valence-electron chi connectivity index (χ2n) is 7.14. The van der Waals surface area contributed by atoms with Gasteiger partial charge in [-0.2, -0.15) is 4.31 Å². The summed E-state index contributed by atoms with van der Waals surface area (Å²) in [5, 5.41) is 9.16. The summed E-state index contributed by atoms with van der Waals surface area (Å²) in [5.41, 5.74) is -1.08. The second-order valence-corrected chi connectivity index (χ2v) is 9.14. The van der Waals surface area contributed by atoms with Crippen LogP contribution in [0.4, 0.5) is 0 Å². The monoisotopic (exact) mass is 305 g/mol. The van der Waals surface area contributed by atoms with Crippen molar-refractivity contribution in [3.63, 3.8) is 0 Å². The topological polar surface area (TPSA) is 74.7 Å². The summed E-state index contributed by atoms with van der Waals surface area (Å²) >= 11 is 0. The maximum Gasteiger partial charge on any atom is 0.305 e. The number of carbonyl (C=O) groups is 1. The molecule has 20 heavy (non-hydrogen) atoms. The highest BCUT2D eigenvalue weighted by Crippen LogP contribution is 2.38. The zero-order valence-electron chi connectivity index (χ0n) is 13.0. The number of sulfonamides is 1. The van der Waals surface area contributed by atoms with Crippen molar-refractivity contribution < 1.29 is 18.3 Å². The van der Waals surface area contributed by atoms with Crippen LogP contribution >= 0.6 is 0 Å². The van der Waals surface area contributed by atoms with Crippen LogP contribution in [0.1, 0.15) is 59.3 Å². The predicted molar refractivity (Wildman–Crippen MR) is 79.1 cm³/mol. The number of aliphatic carboxylic acids is 1. The van der Waals surface area contributed by atoms with Gasteiger partial charge in [-0.25, -0.2) is 8.42 Å². The van der Waals surface area contributed by atoms with Crippen LogP contribution in [0.15, 0.2) is 0 Å². The van der Waals surface area contributed by atoms with E-state index >= 15 is 0 Å². The molecule has 118 valence electrons. The van der Waals surface area contributed by atoms with Crippen LogP contribution in [0, 0.1) is 5.41 Å². The van der Waals surface area contributed by atoms with E-state index in [2.05, 4.69) is 0 Å². The molecule has 1 saturated carbocycles. The molecule has 0 saturated heterocycles. The zero-order chi connectivity index (χ0) is 15.6. The molecule has 0 aromatic heterocycles. The Morgan fingerprint density at radius 3 is 2.10 bits per heavy atom. The van der Waals surface area contributed by atoms with Gasteiger partial charge in [-0.3, -0.25) is 4.79 Å². The Balaban J connectivity index is 3.04. The summed E-state index contributed by atoms with van der Waals surface area (Å²) in [6, 6.07) is 0. The summed E-state index contributed by atoms with van der Waals surface area (Å²) in [4.78, 5) is 11.2. The van der Waals surface area contributed by atoms with Crippen molar-refractivity contribution in [3.8, 4) is 0 Å². The van der Waals surface area contributed by atoms with Gasteiger partial charge in [-0.1, -0.05) is 40.0 Å². The fourth-order valence-corrected chi connectivity index (χ4v) is 5.16. The standard InChI is InChI=1S/C14H27NO4S/c1-13(2,3)11-20(18,19)15(4)14(10-12(16)17)8-6-5-7-9-14/h5-11H2,1-4H3,(H,16,17). The van der Waals surface area contributed by atoms with Crippen molar-refractivity contribution in [1.29, 1.82) is 0 Å². The van der Waals surface area contributed by atoms with Gasteiger partial charge < -0.3 is 5.11 Å². The van der Waals surface area contributed by atoms with Gasteiger partial charge in [-0.15, -0.1) is 0 Å². The Hall–Kier alpha value is -0.620. The highest BCUT2D eigenvalue weighted by molar-refractivity contribution is 7.89. The molecule has 1 fully saturated rings. The van der Waals surface area contributed by atoms with Gasteiger partial charge in [0, 0.05) is 12.6 Å². The lowest BCUT2D eigenvalue weighted by Gasteiger charge is -2.43. The predicted octanol–water partition coefficient (Wildman–Crippen LogP) is 2.47. The lowest BCUT2D eigenvalue weighted by atomic mass is 9.79. The molecule has 1 aliphatic rings. The maximum atomic E-state index is 12.6. The van der Waals surface area contributed by atoms with Gasteiger partial charge in [0.2, 0.25) is 10.0 Å². The van der Waals surface area contributed by atoms with Crippen LogP contribution in [-0.2, 0) is 14.8 Å². The van der Waals surface area contributed by atoms with Gasteiger partial charge in [-0.05, 0) is 18.3 Å². The number of carboxylic acids is 1. The average Bonchev–Trinajstić information content (AvgIpc) is 2.25. The van der Waals surface area contributed by atoms with E-state index in [1.54, 1.807) is 7.05 Å². The van der Waals surface area contributed by atoms with Gasteiger partial charge in [0.15, 0.2) is 0 Å². The molecule has 0 radical (unpaired) electrons. The molecule has 6 heteroatoms. The Kier molecular flexibility index (Phi) is 5.24. The second kappa shape index (κ2) is 6.02. The molecule has 0 atom stereocenters. The van der Waals surface area contributed by atoms with Crippen LogP contribution in [0.3, 0.4) is 0 Å². The molecule has 5 nitrogen and oxygen atoms in total. The quantitative estimate of drug-likeness (QED) is 0.846. The van der Waals surface area contributed by atoms with E-state index in [0.717, 1.165) is 19.3 Å². The van der Waals surface area contributed by atoms with Crippen LogP contribution < -0.4 is 0 Å². The molecule has 0 aromatic carbocycles. The molecule has 0 amide bonds. The Bertz CT molecular complexity index is 444. The third-order valence-corrected chi connectivity index (χ3v) is 6.42. The lowest BCUT2D eigenvalue weighted by molar-refractivity contribution is -0.140. The normalized spacial score (nSPS) is 20.1. The number of hydrogen-bond acceptors (Lipinski definition) is 3. The van der Waals surface area contributed by atoms with Gasteiger partial charge in [0.05, 0.1) is 12.2 Å². The average molecular weight is 305 g/mol. The van der Waals surface area contributed by atoms with Crippen molar-refractivity contribution >= 4 is 16.0 Å². The minimum absolute atomic E-state index is 0.0396. The summed E-state index contributed by atoms with van der Waals surface area (Å²) in [6.07, 6.45) is 4.01. The fourth-order valence-electron chi connectivity index (χ4n) is 3.03. The third kappa shape index (κ3) is 4.45. The number of nitrogens with zero attached hydrogens (tertiary/aromatic N) is 1. The van der Waals surface area contributed by atoms with Crippen molar-refractivity contribution in [3.05, 3.63) is 0 Å². The zero-order valence-corrected chi connectivity index (χ0v) is 13.8. The molecule has 0 spiro atoms. The van der Waals surface area contributed by atoms with E-state index in [0.29, 0.717) is 12.8 Å². The van der Waals surface area contributed by atoms with Gasteiger partial charge in [0.25, 0.3) is 0 Å². The van der Waals surface area contributed by atoms with Crippen LogP contribution in [0.2, 0.25) is 0 Å². The largest absolute Gasteiger partial charge is 0.481 e. The molecule has 0 unspecified atom stereocenters. The highest BCUT2D eigenvalue weighted by Gasteiger charge is 2.44. The van der Waals surface area contributed by atoms with E-state index in [1.807, 2.05) is 20.8 Å². The van der Waals surface area contributed by atoms with E-state index in [9.17, 15) is 13.2 Å². The molecule has 0 aliphatic heterocycles. The van der Waals surface area contributed by atoms with E-state index in [-0.39, 0.29) is 17.6 Å². The molecule has 0 heterocycles. The molecular weight excluding hydrogens is 278 g/mol. The van der Waals surface area contributed by atoms with Gasteiger partial charge in [0.1, 0.15) is 0 Å². The number of hydrogen-bond donors (Lipinski definition) is 1. The third-order valence-electron chi connectivity index (χ3n) is 3.97. The molecular formula is C14H27NO4S. The summed E-state index contributed by atoms with van der Waals surface area (Å²) < 4.78 is 26.5. The van der Waals surface area contributed by atoms with E-state index in [1.165, 1.54) is 4.31 Å². The van der Waals surface area contributed by atoms with Crippen molar-refractivity contribution in [2.24, 2.45) is 5.41 Å². The van der Waals surface area contributed by atoms with Crippen molar-refractivity contribution in [2.75, 3.05) is 12.8 Å². The Morgan fingerprint density at radius 2 is 1.70 bits per heavy atom. The molecule has 1 rings (SSSR count). The van der Waals surface area contributed by atoms with E-state index < -0.39 is 21.5 Å². The van der Waals surface area contributed by atoms with Crippen LogP contribution in [-0.4, -0.2) is 42.1 Å². The Labute approximate surface area is 122 Å². The highest BCUT2D eigenvalue weighted by atomic mass is 32.2. The number of rotatable bonds is 5. The first-order valence-corrected chi connectivity index (χ1v) is 8.78. The van der Waals surface area contributed by atoms with Gasteiger partial charge >= 0.3 is 5.97 Å². The molecule has 0 bridgehead atoms. The minimum atomic E-state index is -3.45. The summed E-state index contributed by atoms with van der Waals surface area (Å²) in [6.45, 7) is 5.63. The number of carboxylic acid groups (broad SMARTS) is 1. The Morgan fingerprint density at radius 1 is 1.20 bits per heavy atom. The fraction of sp³-hybridized carbons (Fsp3) is 0.929. The van der Waals surface area contributed by atoms with Crippen LogP contribution in [0.25, 0.3) is 0 Å². The van der Waals surface area contributed by atoms with Crippen LogP contribution in [0.5, 0.6) is 0 Å². The molecule has 1 N–H and O–H groups in total. The van der Waals surface area contributed by atoms with Crippen molar-refractivity contribution in [1.82, 2.24) is 4.31 Å². The first kappa shape index (κ1) is 17.4. The molecule has 1 aliphatic carbocycles. The summed E-state index contributed by atoms with van der Waals surface area (Å²) in [5.74, 6) is -0.887. The first-order chi connectivity index (χ1) is 8.99. The first-order valence-electron chi connectivity index (χ1n) is 7.17.